The zero-order valence-electron chi connectivity index (χ0n) is 30.8. The number of nitriles is 1. The lowest BCUT2D eigenvalue weighted by Crippen LogP contribution is -2.54. The molecule has 0 spiro atoms. The number of hydrogen-bond donors (Lipinski definition) is 2. The third kappa shape index (κ3) is 7.76. The summed E-state index contributed by atoms with van der Waals surface area (Å²) in [6, 6.07) is 11.5. The molecule has 3 aromatic rings. The molecule has 0 bridgehead atoms. The maximum Gasteiger partial charge on any atom is 0.262 e. The first-order chi connectivity index (χ1) is 27.1. The van der Waals surface area contributed by atoms with Gasteiger partial charge in [-0.2, -0.15) is 5.26 Å². The molecule has 1 saturated carbocycles. The number of amides is 5. The van der Waals surface area contributed by atoms with Gasteiger partial charge in [0.05, 0.1) is 33.4 Å². The topological polar surface area (TPSA) is 181 Å². The average molecular weight is 780 g/mol. The Kier molecular flexibility index (Phi) is 10.6. The lowest BCUT2D eigenvalue weighted by Gasteiger charge is -2.37. The molecule has 2 N–H and O–H groups in total. The Balaban J connectivity index is 0.769. The van der Waals surface area contributed by atoms with Crippen LogP contribution in [0.3, 0.4) is 0 Å². The molecule has 5 heterocycles. The average Bonchev–Trinajstić information content (AvgIpc) is 3.77. The van der Waals surface area contributed by atoms with Crippen LogP contribution in [0.15, 0.2) is 48.8 Å². The van der Waals surface area contributed by atoms with E-state index in [9.17, 15) is 24.0 Å². The number of carbonyl (C=O) groups excluding carboxylic acids is 5. The summed E-state index contributed by atoms with van der Waals surface area (Å²) >= 11 is 6.14. The van der Waals surface area contributed by atoms with E-state index in [0.717, 1.165) is 88.5 Å². The van der Waals surface area contributed by atoms with Gasteiger partial charge in [0.1, 0.15) is 17.9 Å². The fraction of sp³-hybridized carbons (Fsp3) is 0.450. The number of halogens is 1. The first kappa shape index (κ1) is 37.3. The molecular weight excluding hydrogens is 738 g/mol. The van der Waals surface area contributed by atoms with E-state index < -0.39 is 29.7 Å². The van der Waals surface area contributed by atoms with Gasteiger partial charge in [-0.05, 0) is 74.8 Å². The number of benzene rings is 2. The number of ether oxygens (including phenoxy) is 1. The van der Waals surface area contributed by atoms with Gasteiger partial charge in [-0.3, -0.25) is 39.1 Å². The molecular formula is C40H42ClN9O6. The van der Waals surface area contributed by atoms with E-state index in [0.29, 0.717) is 39.3 Å². The Morgan fingerprint density at radius 1 is 0.893 bits per heavy atom. The van der Waals surface area contributed by atoms with Crippen LogP contribution in [0.1, 0.15) is 81.6 Å². The van der Waals surface area contributed by atoms with E-state index in [1.165, 1.54) is 0 Å². The lowest BCUT2D eigenvalue weighted by atomic mass is 9.92. The van der Waals surface area contributed by atoms with Crippen molar-refractivity contribution in [2.45, 2.75) is 63.1 Å². The van der Waals surface area contributed by atoms with Crippen LogP contribution >= 0.6 is 11.6 Å². The number of fused-ring (bicyclic) bond motifs is 1. The molecule has 0 radical (unpaired) electrons. The van der Waals surface area contributed by atoms with Gasteiger partial charge in [0.15, 0.2) is 0 Å². The van der Waals surface area contributed by atoms with Gasteiger partial charge in [0, 0.05) is 82.4 Å². The van der Waals surface area contributed by atoms with Crippen LogP contribution in [-0.4, -0.2) is 113 Å². The number of piperidine rings is 1. The van der Waals surface area contributed by atoms with E-state index in [1.807, 2.05) is 12.1 Å². The zero-order chi connectivity index (χ0) is 38.9. The maximum absolute atomic E-state index is 13.3. The fourth-order valence-corrected chi connectivity index (χ4v) is 8.63. The highest BCUT2D eigenvalue weighted by Gasteiger charge is 2.45. The van der Waals surface area contributed by atoms with Crippen molar-refractivity contribution in [2.24, 2.45) is 5.92 Å². The Labute approximate surface area is 328 Å². The van der Waals surface area contributed by atoms with Gasteiger partial charge < -0.3 is 19.9 Å². The van der Waals surface area contributed by atoms with E-state index in [4.69, 9.17) is 21.6 Å². The predicted octanol–water partition coefficient (Wildman–Crippen LogP) is 3.17. The summed E-state index contributed by atoms with van der Waals surface area (Å²) < 4.78 is 6.08. The summed E-state index contributed by atoms with van der Waals surface area (Å²) in [5.41, 5.74) is 2.28. The van der Waals surface area contributed by atoms with Crippen LogP contribution in [0.25, 0.3) is 0 Å². The second-order valence-corrected chi connectivity index (χ2v) is 15.6. The fourth-order valence-electron chi connectivity index (χ4n) is 8.42. The highest BCUT2D eigenvalue weighted by Crippen LogP contribution is 2.32. The van der Waals surface area contributed by atoms with Crippen LogP contribution in [0.5, 0.6) is 5.75 Å². The van der Waals surface area contributed by atoms with E-state index in [2.05, 4.69) is 35.3 Å². The SMILES string of the molecule is N#Cc1ccc(OC2CCC(NC(=O)c3cnc(N4CC[C@@H](CN5CCN(c6ccc7c(c6)C(=O)N(C6CCC(=O)NC6=O)C7=O)CC5)C4)nc3)CC2)cc1Cl. The molecule has 1 aromatic heterocycles. The summed E-state index contributed by atoms with van der Waals surface area (Å²) in [6.45, 7) is 5.85. The molecule has 1 unspecified atom stereocenters. The minimum absolute atomic E-state index is 0.0178. The van der Waals surface area contributed by atoms with Crippen LogP contribution < -0.4 is 25.2 Å². The third-order valence-electron chi connectivity index (χ3n) is 11.5. The van der Waals surface area contributed by atoms with Crippen molar-refractivity contribution in [2.75, 3.05) is 55.6 Å². The van der Waals surface area contributed by atoms with E-state index in [1.54, 1.807) is 42.7 Å². The predicted molar refractivity (Wildman–Crippen MR) is 204 cm³/mol. The minimum atomic E-state index is -0.982. The Morgan fingerprint density at radius 3 is 2.36 bits per heavy atom. The molecule has 56 heavy (non-hydrogen) atoms. The molecule has 1 aliphatic carbocycles. The molecule has 3 saturated heterocycles. The van der Waals surface area contributed by atoms with Crippen molar-refractivity contribution >= 4 is 52.8 Å². The summed E-state index contributed by atoms with van der Waals surface area (Å²) in [5, 5.41) is 14.8. The zero-order valence-corrected chi connectivity index (χ0v) is 31.5. The van der Waals surface area contributed by atoms with Crippen molar-refractivity contribution in [1.82, 2.24) is 30.4 Å². The number of anilines is 2. The molecule has 15 nitrogen and oxygen atoms in total. The van der Waals surface area contributed by atoms with Crippen LogP contribution in [0.4, 0.5) is 11.6 Å². The second-order valence-electron chi connectivity index (χ2n) is 15.2. The van der Waals surface area contributed by atoms with E-state index in [-0.39, 0.29) is 36.5 Å². The van der Waals surface area contributed by atoms with Gasteiger partial charge >= 0.3 is 0 Å². The number of piperazine rings is 1. The van der Waals surface area contributed by atoms with Gasteiger partial charge in [-0.25, -0.2) is 9.97 Å². The van der Waals surface area contributed by atoms with Crippen molar-refractivity contribution in [1.29, 1.82) is 5.26 Å². The molecule has 290 valence electrons. The highest BCUT2D eigenvalue weighted by atomic mass is 35.5. The van der Waals surface area contributed by atoms with Crippen LogP contribution in [0, 0.1) is 17.2 Å². The minimum Gasteiger partial charge on any atom is -0.490 e. The van der Waals surface area contributed by atoms with Crippen molar-refractivity contribution in [3.63, 3.8) is 0 Å². The maximum atomic E-state index is 13.3. The van der Waals surface area contributed by atoms with Gasteiger partial charge in [0.25, 0.3) is 17.7 Å². The van der Waals surface area contributed by atoms with Crippen LogP contribution in [-0.2, 0) is 9.59 Å². The highest BCUT2D eigenvalue weighted by molar-refractivity contribution is 6.31. The number of nitrogens with one attached hydrogen (secondary N) is 2. The number of aromatic nitrogens is 2. The third-order valence-corrected chi connectivity index (χ3v) is 11.8. The summed E-state index contributed by atoms with van der Waals surface area (Å²) in [5.74, 6) is -0.497. The molecule has 4 fully saturated rings. The summed E-state index contributed by atoms with van der Waals surface area (Å²) in [4.78, 5) is 80.4. The second kappa shape index (κ2) is 15.9. The quantitative estimate of drug-likeness (QED) is 0.304. The molecule has 16 heteroatoms. The normalized spacial score (nSPS) is 24.2. The van der Waals surface area contributed by atoms with Gasteiger partial charge in [-0.1, -0.05) is 11.6 Å². The number of hydrogen-bond acceptors (Lipinski definition) is 12. The standard InChI is InChI=1S/C40H42ClN9O6/c41-33-18-30(5-1-25(33)19-42)56-29-6-2-27(3-7-29)45-36(52)26-20-43-40(44-21-26)49-12-11-24(23-49)22-47-13-15-48(16-14-47)28-4-8-31-32(17-28)39(55)50(38(31)54)34-9-10-35(51)46-37(34)53/h1,4-5,8,17-18,20-21,24,27,29,34H,2-3,6-7,9-16,22-23H2,(H,45,52)(H,46,51,53)/t24-,27?,29?,34?/m0/s1. The number of nitrogens with zero attached hydrogens (tertiary/aromatic N) is 7. The summed E-state index contributed by atoms with van der Waals surface area (Å²) in [7, 11) is 0. The smallest absolute Gasteiger partial charge is 0.262 e. The first-order valence-corrected chi connectivity index (χ1v) is 19.6. The Bertz CT molecular complexity index is 2090. The molecule has 5 aliphatic rings. The molecule has 2 aromatic carbocycles. The van der Waals surface area contributed by atoms with Gasteiger partial charge in [0.2, 0.25) is 17.8 Å². The molecule has 5 amide bonds. The van der Waals surface area contributed by atoms with E-state index >= 15 is 0 Å². The largest absolute Gasteiger partial charge is 0.490 e. The van der Waals surface area contributed by atoms with Gasteiger partial charge in [-0.15, -0.1) is 0 Å². The number of carbonyl (C=O) groups is 5. The number of imide groups is 2. The Hall–Kier alpha value is -5.59. The monoisotopic (exact) mass is 779 g/mol. The van der Waals surface area contributed by atoms with Crippen molar-refractivity contribution in [3.8, 4) is 11.8 Å². The van der Waals surface area contributed by atoms with Crippen molar-refractivity contribution in [3.05, 3.63) is 76.1 Å². The number of rotatable bonds is 9. The molecule has 2 atom stereocenters. The molecule has 8 rings (SSSR count). The first-order valence-electron chi connectivity index (χ1n) is 19.2. The lowest BCUT2D eigenvalue weighted by molar-refractivity contribution is -0.136. The Morgan fingerprint density at radius 2 is 1.64 bits per heavy atom. The van der Waals surface area contributed by atoms with Crippen LogP contribution in [0.2, 0.25) is 5.02 Å². The molecule has 4 aliphatic heterocycles. The van der Waals surface area contributed by atoms with Crippen molar-refractivity contribution < 1.29 is 28.7 Å². The summed E-state index contributed by atoms with van der Waals surface area (Å²) in [6.07, 6.45) is 7.59.